The normalized spacial score (nSPS) is 13.0. The summed E-state index contributed by atoms with van der Waals surface area (Å²) < 4.78 is 0. The predicted octanol–water partition coefficient (Wildman–Crippen LogP) is 2.39. The number of nitrogens with one attached hydrogen (secondary N) is 2. The first-order chi connectivity index (χ1) is 11.6. The molecule has 0 radical (unpaired) electrons. The van der Waals surface area contributed by atoms with Crippen molar-refractivity contribution < 1.29 is 14.4 Å². The van der Waals surface area contributed by atoms with E-state index in [9.17, 15) is 14.4 Å². The summed E-state index contributed by atoms with van der Waals surface area (Å²) in [5.41, 5.74) is 1.96. The topological polar surface area (TPSA) is 78.5 Å². The van der Waals surface area contributed by atoms with E-state index in [1.807, 2.05) is 18.2 Å². The van der Waals surface area contributed by atoms with E-state index < -0.39 is 0 Å². The third kappa shape index (κ3) is 3.60. The third-order valence-corrected chi connectivity index (χ3v) is 3.70. The molecule has 0 spiro atoms. The van der Waals surface area contributed by atoms with Gasteiger partial charge in [0.15, 0.2) is 0 Å². The Bertz CT molecular complexity index is 774. The number of nitrogens with zero attached hydrogens (tertiary/aromatic N) is 1. The van der Waals surface area contributed by atoms with Crippen LogP contribution in [-0.2, 0) is 14.4 Å². The van der Waals surface area contributed by atoms with Crippen molar-refractivity contribution in [3.05, 3.63) is 54.6 Å². The average Bonchev–Trinajstić information content (AvgIpc) is 2.59. The van der Waals surface area contributed by atoms with Crippen molar-refractivity contribution in [2.45, 2.75) is 12.8 Å². The number of rotatable bonds is 4. The van der Waals surface area contributed by atoms with E-state index in [0.717, 1.165) is 0 Å². The van der Waals surface area contributed by atoms with Crippen LogP contribution >= 0.6 is 0 Å². The summed E-state index contributed by atoms with van der Waals surface area (Å²) in [6.45, 7) is -0.0316. The van der Waals surface area contributed by atoms with Crippen LogP contribution in [0.25, 0.3) is 0 Å². The Morgan fingerprint density at radius 1 is 1.00 bits per heavy atom. The Morgan fingerprint density at radius 3 is 2.50 bits per heavy atom. The molecule has 1 aliphatic rings. The highest BCUT2D eigenvalue weighted by Gasteiger charge is 2.26. The van der Waals surface area contributed by atoms with E-state index in [0.29, 0.717) is 17.1 Å². The second kappa shape index (κ2) is 6.95. The molecule has 0 bridgehead atoms. The molecule has 0 aromatic heterocycles. The smallest absolute Gasteiger partial charge is 0.244 e. The molecule has 0 fully saturated rings. The maximum atomic E-state index is 12.4. The van der Waals surface area contributed by atoms with E-state index in [2.05, 4.69) is 10.6 Å². The maximum Gasteiger partial charge on any atom is 0.244 e. The van der Waals surface area contributed by atoms with Crippen molar-refractivity contribution in [3.8, 4) is 0 Å². The summed E-state index contributed by atoms with van der Waals surface area (Å²) in [7, 11) is 0. The summed E-state index contributed by atoms with van der Waals surface area (Å²) in [5.74, 6) is -0.722. The summed E-state index contributed by atoms with van der Waals surface area (Å²) in [4.78, 5) is 37.5. The van der Waals surface area contributed by atoms with Gasteiger partial charge in [0.05, 0.1) is 11.4 Å². The van der Waals surface area contributed by atoms with E-state index in [4.69, 9.17) is 0 Å². The number of amides is 3. The lowest BCUT2D eigenvalue weighted by atomic mass is 10.1. The molecule has 0 saturated carbocycles. The van der Waals surface area contributed by atoms with Crippen LogP contribution in [0.15, 0.2) is 54.6 Å². The summed E-state index contributed by atoms with van der Waals surface area (Å²) in [5, 5.41) is 5.47. The maximum absolute atomic E-state index is 12.4. The molecule has 2 aromatic rings. The number of fused-ring (bicyclic) bond motifs is 1. The largest absolute Gasteiger partial charge is 0.326 e. The molecule has 122 valence electrons. The van der Waals surface area contributed by atoms with E-state index in [-0.39, 0.29) is 37.1 Å². The molecule has 1 heterocycles. The summed E-state index contributed by atoms with van der Waals surface area (Å²) in [6.07, 6.45) is 0.105. The molecule has 1 aliphatic heterocycles. The number of hydrogen-bond donors (Lipinski definition) is 2. The first-order valence-electron chi connectivity index (χ1n) is 7.67. The van der Waals surface area contributed by atoms with Crippen LogP contribution in [0, 0.1) is 0 Å². The van der Waals surface area contributed by atoms with Gasteiger partial charge in [0.25, 0.3) is 0 Å². The van der Waals surface area contributed by atoms with Gasteiger partial charge in [-0.1, -0.05) is 30.3 Å². The van der Waals surface area contributed by atoms with E-state index in [1.54, 1.807) is 36.4 Å². The van der Waals surface area contributed by atoms with Crippen LogP contribution in [0.2, 0.25) is 0 Å². The quantitative estimate of drug-likeness (QED) is 0.907. The van der Waals surface area contributed by atoms with E-state index in [1.165, 1.54) is 4.90 Å². The zero-order valence-corrected chi connectivity index (χ0v) is 13.0. The summed E-state index contributed by atoms with van der Waals surface area (Å²) in [6, 6.07) is 16.2. The summed E-state index contributed by atoms with van der Waals surface area (Å²) >= 11 is 0. The molecule has 2 N–H and O–H groups in total. The van der Waals surface area contributed by atoms with Gasteiger partial charge < -0.3 is 15.5 Å². The Hall–Kier alpha value is -3.15. The zero-order valence-electron chi connectivity index (χ0n) is 13.0. The molecule has 3 amide bonds. The minimum atomic E-state index is -0.250. The van der Waals surface area contributed by atoms with Gasteiger partial charge in [-0.3, -0.25) is 14.4 Å². The number of anilines is 3. The molecule has 24 heavy (non-hydrogen) atoms. The Balaban J connectivity index is 1.61. The van der Waals surface area contributed by atoms with Crippen LogP contribution in [0.4, 0.5) is 17.1 Å². The second-order valence-corrected chi connectivity index (χ2v) is 5.46. The lowest BCUT2D eigenvalue weighted by Gasteiger charge is -2.29. The molecule has 6 nitrogen and oxygen atoms in total. The lowest BCUT2D eigenvalue weighted by molar-refractivity contribution is -0.124. The highest BCUT2D eigenvalue weighted by molar-refractivity contribution is 6.10. The van der Waals surface area contributed by atoms with Crippen molar-refractivity contribution >= 4 is 34.8 Å². The lowest BCUT2D eigenvalue weighted by Crippen LogP contribution is -2.42. The third-order valence-electron chi connectivity index (χ3n) is 3.70. The number of para-hydroxylation sites is 3. The molecule has 2 aromatic carbocycles. The molecule has 0 atom stereocenters. The number of benzene rings is 2. The van der Waals surface area contributed by atoms with Crippen LogP contribution in [0.3, 0.4) is 0 Å². The SMILES string of the molecule is O=C(CCC(=O)N1CC(=O)Nc2ccccc21)Nc1ccccc1. The van der Waals surface area contributed by atoms with Gasteiger partial charge in [0.1, 0.15) is 6.54 Å². The molecule has 0 aliphatic carbocycles. The van der Waals surface area contributed by atoms with Gasteiger partial charge in [0, 0.05) is 18.5 Å². The van der Waals surface area contributed by atoms with Crippen LogP contribution in [0.1, 0.15) is 12.8 Å². The van der Waals surface area contributed by atoms with Crippen molar-refractivity contribution in [1.29, 1.82) is 0 Å². The first kappa shape index (κ1) is 15.7. The van der Waals surface area contributed by atoms with Gasteiger partial charge in [-0.15, -0.1) is 0 Å². The monoisotopic (exact) mass is 323 g/mol. The van der Waals surface area contributed by atoms with Crippen molar-refractivity contribution in [1.82, 2.24) is 0 Å². The zero-order chi connectivity index (χ0) is 16.9. The molecule has 6 heteroatoms. The number of hydrogen-bond acceptors (Lipinski definition) is 3. The molecule has 3 rings (SSSR count). The first-order valence-corrected chi connectivity index (χ1v) is 7.67. The van der Waals surface area contributed by atoms with Crippen LogP contribution in [0.5, 0.6) is 0 Å². The molecular weight excluding hydrogens is 306 g/mol. The standard InChI is InChI=1S/C18H17N3O3/c22-16(19-13-6-2-1-3-7-13)10-11-18(24)21-12-17(23)20-14-8-4-5-9-15(14)21/h1-9H,10-12H2,(H,19,22)(H,20,23). The van der Waals surface area contributed by atoms with Crippen molar-refractivity contribution in [3.63, 3.8) is 0 Å². The fourth-order valence-electron chi connectivity index (χ4n) is 2.56. The highest BCUT2D eigenvalue weighted by Crippen LogP contribution is 2.29. The second-order valence-electron chi connectivity index (χ2n) is 5.46. The Morgan fingerprint density at radius 2 is 1.71 bits per heavy atom. The highest BCUT2D eigenvalue weighted by atomic mass is 16.2. The predicted molar refractivity (Wildman–Crippen MR) is 91.7 cm³/mol. The van der Waals surface area contributed by atoms with Gasteiger partial charge >= 0.3 is 0 Å². The van der Waals surface area contributed by atoms with Crippen LogP contribution < -0.4 is 15.5 Å². The van der Waals surface area contributed by atoms with Crippen molar-refractivity contribution in [2.24, 2.45) is 0 Å². The fourth-order valence-corrected chi connectivity index (χ4v) is 2.56. The average molecular weight is 323 g/mol. The molecule has 0 saturated heterocycles. The van der Waals surface area contributed by atoms with Gasteiger partial charge in [-0.05, 0) is 24.3 Å². The van der Waals surface area contributed by atoms with Gasteiger partial charge in [0.2, 0.25) is 17.7 Å². The number of carbonyl (C=O) groups is 3. The minimum absolute atomic E-state index is 0.0316. The van der Waals surface area contributed by atoms with Gasteiger partial charge in [-0.2, -0.15) is 0 Å². The number of carbonyl (C=O) groups excluding carboxylic acids is 3. The van der Waals surface area contributed by atoms with Crippen molar-refractivity contribution in [2.75, 3.05) is 22.1 Å². The Labute approximate surface area is 139 Å². The molecule has 0 unspecified atom stereocenters. The minimum Gasteiger partial charge on any atom is -0.326 e. The molecular formula is C18H17N3O3. The van der Waals surface area contributed by atoms with Crippen LogP contribution in [-0.4, -0.2) is 24.3 Å². The fraction of sp³-hybridized carbons (Fsp3) is 0.167. The van der Waals surface area contributed by atoms with E-state index >= 15 is 0 Å². The Kier molecular flexibility index (Phi) is 4.56. The van der Waals surface area contributed by atoms with Gasteiger partial charge in [-0.25, -0.2) is 0 Å².